The van der Waals surface area contributed by atoms with Gasteiger partial charge in [0.05, 0.1) is 11.9 Å². The van der Waals surface area contributed by atoms with Crippen LogP contribution in [0.3, 0.4) is 0 Å². The van der Waals surface area contributed by atoms with Crippen molar-refractivity contribution >= 4 is 38.9 Å². The van der Waals surface area contributed by atoms with E-state index in [0.29, 0.717) is 30.2 Å². The van der Waals surface area contributed by atoms with Gasteiger partial charge in [-0.15, -0.1) is 0 Å². The fourth-order valence-corrected chi connectivity index (χ4v) is 4.26. The molecule has 0 saturated heterocycles. The fourth-order valence-electron chi connectivity index (χ4n) is 2.92. The van der Waals surface area contributed by atoms with Crippen molar-refractivity contribution in [3.05, 3.63) is 59.6 Å². The quantitative estimate of drug-likeness (QED) is 0.672. The standard InChI is InChI=1S/C20H26ClN3O3S/c1-4-19(24(28(3,26)27)18-12-10-16(21)11-13-18)20(25)22-14-15-23(2)17-8-6-5-7-9-17/h5-13,19H,4,14-15H2,1-3H3,(H,22,25)/t19-/m1/s1. The maximum atomic E-state index is 12.8. The summed E-state index contributed by atoms with van der Waals surface area (Å²) in [5, 5.41) is 3.35. The molecule has 0 unspecified atom stereocenters. The number of sulfonamides is 1. The summed E-state index contributed by atoms with van der Waals surface area (Å²) in [5.74, 6) is -0.329. The number of anilines is 2. The number of carbonyl (C=O) groups excluding carboxylic acids is 1. The predicted molar refractivity (Wildman–Crippen MR) is 116 cm³/mol. The van der Waals surface area contributed by atoms with Gasteiger partial charge in [-0.05, 0) is 42.8 Å². The first-order valence-corrected chi connectivity index (χ1v) is 11.3. The maximum absolute atomic E-state index is 12.8. The van der Waals surface area contributed by atoms with Gasteiger partial charge >= 0.3 is 0 Å². The number of hydrogen-bond acceptors (Lipinski definition) is 4. The van der Waals surface area contributed by atoms with Crippen molar-refractivity contribution in [3.63, 3.8) is 0 Å². The van der Waals surface area contributed by atoms with Crippen LogP contribution in [-0.4, -0.2) is 46.8 Å². The van der Waals surface area contributed by atoms with Gasteiger partial charge in [0.1, 0.15) is 6.04 Å². The molecule has 0 spiro atoms. The summed E-state index contributed by atoms with van der Waals surface area (Å²) < 4.78 is 25.9. The zero-order chi connectivity index (χ0) is 20.7. The Morgan fingerprint density at radius 3 is 2.21 bits per heavy atom. The van der Waals surface area contributed by atoms with E-state index >= 15 is 0 Å². The van der Waals surface area contributed by atoms with Crippen molar-refractivity contribution in [2.75, 3.05) is 35.6 Å². The Balaban J connectivity index is 2.08. The first-order valence-electron chi connectivity index (χ1n) is 9.03. The highest BCUT2D eigenvalue weighted by molar-refractivity contribution is 7.92. The van der Waals surface area contributed by atoms with E-state index in [-0.39, 0.29) is 5.91 Å². The molecule has 152 valence electrons. The third kappa shape index (κ3) is 5.87. The number of halogens is 1. The number of likely N-dealkylation sites (N-methyl/N-ethyl adjacent to an activating group) is 1. The number of carbonyl (C=O) groups is 1. The van der Waals surface area contributed by atoms with Gasteiger partial charge in [-0.25, -0.2) is 8.42 Å². The highest BCUT2D eigenvalue weighted by Crippen LogP contribution is 2.24. The number of hydrogen-bond donors (Lipinski definition) is 1. The molecule has 0 aromatic heterocycles. The molecule has 0 fully saturated rings. The normalized spacial score (nSPS) is 12.3. The Morgan fingerprint density at radius 1 is 1.07 bits per heavy atom. The van der Waals surface area contributed by atoms with Crippen molar-refractivity contribution in [3.8, 4) is 0 Å². The van der Waals surface area contributed by atoms with Crippen molar-refractivity contribution < 1.29 is 13.2 Å². The van der Waals surface area contributed by atoms with E-state index in [9.17, 15) is 13.2 Å². The van der Waals surface area contributed by atoms with Crippen molar-refractivity contribution in [1.29, 1.82) is 0 Å². The van der Waals surface area contributed by atoms with E-state index in [0.717, 1.165) is 16.2 Å². The zero-order valence-corrected chi connectivity index (χ0v) is 17.9. The van der Waals surface area contributed by atoms with Crippen LogP contribution < -0.4 is 14.5 Å². The second kappa shape index (κ2) is 9.80. The second-order valence-corrected chi connectivity index (χ2v) is 8.80. The van der Waals surface area contributed by atoms with E-state index < -0.39 is 16.1 Å². The fraction of sp³-hybridized carbons (Fsp3) is 0.350. The molecule has 0 heterocycles. The number of nitrogens with zero attached hydrogens (tertiary/aromatic N) is 2. The molecule has 2 rings (SSSR count). The van der Waals surface area contributed by atoms with Gasteiger partial charge in [0.15, 0.2) is 0 Å². The van der Waals surface area contributed by atoms with Gasteiger partial charge < -0.3 is 10.2 Å². The van der Waals surface area contributed by atoms with Gasteiger partial charge in [0, 0.05) is 30.8 Å². The lowest BCUT2D eigenvalue weighted by atomic mass is 10.2. The predicted octanol–water partition coefficient (Wildman–Crippen LogP) is 3.14. The van der Waals surface area contributed by atoms with Crippen molar-refractivity contribution in [1.82, 2.24) is 5.32 Å². The van der Waals surface area contributed by atoms with Crippen LogP contribution in [0.5, 0.6) is 0 Å². The van der Waals surface area contributed by atoms with Gasteiger partial charge in [0.25, 0.3) is 0 Å². The van der Waals surface area contributed by atoms with Gasteiger partial charge in [-0.1, -0.05) is 36.7 Å². The molecule has 0 aliphatic carbocycles. The minimum Gasteiger partial charge on any atom is -0.373 e. The van der Waals surface area contributed by atoms with Crippen LogP contribution in [0.25, 0.3) is 0 Å². The topological polar surface area (TPSA) is 69.7 Å². The molecule has 1 N–H and O–H groups in total. The Morgan fingerprint density at radius 2 is 1.68 bits per heavy atom. The van der Waals surface area contributed by atoms with Crippen LogP contribution in [0.4, 0.5) is 11.4 Å². The number of para-hydroxylation sites is 1. The highest BCUT2D eigenvalue weighted by Gasteiger charge is 2.31. The molecule has 28 heavy (non-hydrogen) atoms. The Kier molecular flexibility index (Phi) is 7.71. The number of benzene rings is 2. The minimum absolute atomic E-state index is 0.329. The van der Waals surface area contributed by atoms with E-state index in [1.165, 1.54) is 0 Å². The number of amides is 1. The lowest BCUT2D eigenvalue weighted by molar-refractivity contribution is -0.122. The Labute approximate surface area is 172 Å². The van der Waals surface area contributed by atoms with E-state index in [2.05, 4.69) is 5.32 Å². The maximum Gasteiger partial charge on any atom is 0.243 e. The number of nitrogens with one attached hydrogen (secondary N) is 1. The van der Waals surface area contributed by atoms with E-state index in [1.54, 1.807) is 31.2 Å². The van der Waals surface area contributed by atoms with Crippen LogP contribution in [0.15, 0.2) is 54.6 Å². The first kappa shape index (κ1) is 22.0. The monoisotopic (exact) mass is 423 g/mol. The van der Waals surface area contributed by atoms with Gasteiger partial charge in [-0.2, -0.15) is 0 Å². The summed E-state index contributed by atoms with van der Waals surface area (Å²) in [7, 11) is -1.71. The van der Waals surface area contributed by atoms with E-state index in [4.69, 9.17) is 11.6 Å². The molecule has 1 amide bonds. The molecule has 0 aliphatic rings. The van der Waals surface area contributed by atoms with Crippen molar-refractivity contribution in [2.24, 2.45) is 0 Å². The lowest BCUT2D eigenvalue weighted by Crippen LogP contribution is -2.50. The molecule has 2 aromatic rings. The SMILES string of the molecule is CC[C@H](C(=O)NCCN(C)c1ccccc1)N(c1ccc(Cl)cc1)S(C)(=O)=O. The van der Waals surface area contributed by atoms with E-state index in [1.807, 2.05) is 42.3 Å². The van der Waals surface area contributed by atoms with Crippen LogP contribution in [-0.2, 0) is 14.8 Å². The summed E-state index contributed by atoms with van der Waals surface area (Å²) in [5.41, 5.74) is 1.46. The smallest absolute Gasteiger partial charge is 0.243 e. The average Bonchev–Trinajstić information content (AvgIpc) is 2.66. The summed E-state index contributed by atoms with van der Waals surface area (Å²) in [6.07, 6.45) is 1.44. The number of rotatable bonds is 9. The minimum atomic E-state index is -3.65. The van der Waals surface area contributed by atoms with Crippen LogP contribution >= 0.6 is 11.6 Å². The average molecular weight is 424 g/mol. The first-order chi connectivity index (χ1) is 13.2. The van der Waals surface area contributed by atoms with Crippen molar-refractivity contribution in [2.45, 2.75) is 19.4 Å². The summed E-state index contributed by atoms with van der Waals surface area (Å²) in [6.45, 7) is 2.79. The van der Waals surface area contributed by atoms with Crippen LogP contribution in [0.1, 0.15) is 13.3 Å². The zero-order valence-electron chi connectivity index (χ0n) is 16.3. The molecular formula is C20H26ClN3O3S. The third-order valence-electron chi connectivity index (χ3n) is 4.35. The molecule has 6 nitrogen and oxygen atoms in total. The van der Waals surface area contributed by atoms with Gasteiger partial charge in [-0.3, -0.25) is 9.10 Å². The third-order valence-corrected chi connectivity index (χ3v) is 5.79. The Bertz CT molecular complexity index is 873. The molecule has 0 aliphatic heterocycles. The Hall–Kier alpha value is -2.25. The summed E-state index contributed by atoms with van der Waals surface area (Å²) in [4.78, 5) is 14.8. The molecule has 0 radical (unpaired) electrons. The molecule has 0 bridgehead atoms. The summed E-state index contributed by atoms with van der Waals surface area (Å²) >= 11 is 5.90. The lowest BCUT2D eigenvalue weighted by Gasteiger charge is -2.30. The molecule has 1 atom stereocenters. The molecule has 8 heteroatoms. The second-order valence-electron chi connectivity index (χ2n) is 6.51. The molecular weight excluding hydrogens is 398 g/mol. The highest BCUT2D eigenvalue weighted by atomic mass is 35.5. The van der Waals surface area contributed by atoms with Crippen LogP contribution in [0, 0.1) is 0 Å². The largest absolute Gasteiger partial charge is 0.373 e. The van der Waals surface area contributed by atoms with Gasteiger partial charge in [0.2, 0.25) is 15.9 Å². The molecule has 2 aromatic carbocycles. The van der Waals surface area contributed by atoms with Crippen LogP contribution in [0.2, 0.25) is 5.02 Å². The summed E-state index contributed by atoms with van der Waals surface area (Å²) in [6, 6.07) is 15.4. The molecule has 0 saturated carbocycles.